The van der Waals surface area contributed by atoms with Gasteiger partial charge in [0, 0.05) is 26.2 Å². The molecule has 0 aromatic rings. The Morgan fingerprint density at radius 2 is 1.70 bits per heavy atom. The molecule has 0 aromatic heterocycles. The average Bonchev–Trinajstić information content (AvgIpc) is 1.63. The molecule has 0 bridgehead atoms. The average molecular weight is 220 g/mol. The zero-order chi connectivity index (χ0) is 7.44. The number of carbonyl (C=O) groups is 3. The Morgan fingerprint density at radius 3 is 1.80 bits per heavy atom. The summed E-state index contributed by atoms with van der Waals surface area (Å²) in [7, 11) is 0. The van der Waals surface area contributed by atoms with Gasteiger partial charge in [0.15, 0.2) is 5.78 Å². The molecule has 0 atom stereocenters. The normalized spacial score (nSPS) is 7.70. The molecule has 4 nitrogen and oxygen atoms in total. The Bertz CT molecular complexity index is 163. The number of hydrogen-bond acceptors (Lipinski definition) is 4. The van der Waals surface area contributed by atoms with E-state index in [1.54, 1.807) is 0 Å². The van der Waals surface area contributed by atoms with E-state index in [2.05, 4.69) is 0 Å². The quantitative estimate of drug-likeness (QED) is 0.419. The first-order valence-corrected chi connectivity index (χ1v) is 2.27. The third kappa shape index (κ3) is 5.82. The van der Waals surface area contributed by atoms with Gasteiger partial charge in [0.25, 0.3) is 0 Å². The van der Waals surface area contributed by atoms with Crippen molar-refractivity contribution in [2.75, 3.05) is 0 Å². The molecule has 0 rings (SSSR count). The van der Waals surface area contributed by atoms with Gasteiger partial charge in [-0.2, -0.15) is 0 Å². The van der Waals surface area contributed by atoms with Crippen LogP contribution >= 0.6 is 0 Å². The van der Waals surface area contributed by atoms with Gasteiger partial charge >= 0.3 is 0 Å². The van der Waals surface area contributed by atoms with E-state index in [4.69, 9.17) is 0 Å². The summed E-state index contributed by atoms with van der Waals surface area (Å²) in [5.74, 6) is -3.43. The zero-order valence-electron chi connectivity index (χ0n) is 5.34. The number of carbonyl (C=O) groups excluding carboxylic acids is 3. The van der Waals surface area contributed by atoms with Crippen LogP contribution in [-0.4, -0.2) is 17.5 Å². The van der Waals surface area contributed by atoms with Crippen LogP contribution in [0.2, 0.25) is 0 Å². The minimum Gasteiger partial charge on any atom is -0.542 e. The van der Waals surface area contributed by atoms with Gasteiger partial charge < -0.3 is 9.90 Å². The van der Waals surface area contributed by atoms with Crippen LogP contribution in [0.1, 0.15) is 13.3 Å². The van der Waals surface area contributed by atoms with Crippen LogP contribution in [0.5, 0.6) is 0 Å². The second-order valence-corrected chi connectivity index (χ2v) is 1.59. The van der Waals surface area contributed by atoms with Gasteiger partial charge in [-0.05, 0) is 6.92 Å². The molecule has 0 spiro atoms. The number of carboxylic acid groups (broad SMARTS) is 1. The van der Waals surface area contributed by atoms with E-state index in [1.807, 2.05) is 0 Å². The maximum atomic E-state index is 10.1. The first-order chi connectivity index (χ1) is 4.04. The summed E-state index contributed by atoms with van der Waals surface area (Å²) < 4.78 is 0. The molecule has 0 unspecified atom stereocenters. The Labute approximate surface area is 76.7 Å². The molecule has 10 heavy (non-hydrogen) atoms. The topological polar surface area (TPSA) is 74.3 Å². The fraction of sp³-hybridized carbons (Fsp3) is 0.400. The van der Waals surface area contributed by atoms with E-state index in [0.717, 1.165) is 6.92 Å². The van der Waals surface area contributed by atoms with Crippen molar-refractivity contribution < 1.29 is 45.7 Å². The summed E-state index contributed by atoms with van der Waals surface area (Å²) in [5, 5.41) is 9.62. The predicted molar refractivity (Wildman–Crippen MR) is 25.3 cm³/mol. The molecule has 0 N–H and O–H groups in total. The molecule has 54 valence electrons. The van der Waals surface area contributed by atoms with Crippen LogP contribution in [-0.2, 0) is 40.6 Å². The van der Waals surface area contributed by atoms with Gasteiger partial charge in [0.1, 0.15) is 11.8 Å². The van der Waals surface area contributed by atoms with Crippen molar-refractivity contribution in [2.24, 2.45) is 0 Å². The Morgan fingerprint density at radius 1 is 1.30 bits per heavy atom. The van der Waals surface area contributed by atoms with Crippen LogP contribution in [0, 0.1) is 0 Å². The molecule has 0 aliphatic heterocycles. The van der Waals surface area contributed by atoms with Crippen molar-refractivity contribution in [3.63, 3.8) is 0 Å². The molecule has 0 amide bonds. The summed E-state index contributed by atoms with van der Waals surface area (Å²) >= 11 is 0. The van der Waals surface area contributed by atoms with Crippen molar-refractivity contribution in [1.29, 1.82) is 0 Å². The molecular formula is C5H5O4Zr-. The summed E-state index contributed by atoms with van der Waals surface area (Å²) in [6.07, 6.45) is -0.567. The molecule has 5 heteroatoms. The number of hydrogen-bond donors (Lipinski definition) is 0. The molecule has 0 aliphatic rings. The van der Waals surface area contributed by atoms with Crippen molar-refractivity contribution in [3.8, 4) is 0 Å². The largest absolute Gasteiger partial charge is 0.542 e. The van der Waals surface area contributed by atoms with Crippen LogP contribution in [0.3, 0.4) is 0 Å². The molecule has 0 saturated carbocycles. The van der Waals surface area contributed by atoms with E-state index in [1.165, 1.54) is 0 Å². The minimum atomic E-state index is -1.80. The molecule has 0 saturated heterocycles. The molecule has 0 heterocycles. The number of aliphatic carboxylic acids is 1. The van der Waals surface area contributed by atoms with E-state index >= 15 is 0 Å². The molecule has 0 fully saturated rings. The maximum Gasteiger partial charge on any atom is 0.185 e. The maximum absolute atomic E-state index is 10.1. The van der Waals surface area contributed by atoms with Crippen LogP contribution in [0.4, 0.5) is 0 Å². The first kappa shape index (κ1) is 12.4. The van der Waals surface area contributed by atoms with Gasteiger partial charge in [-0.3, -0.25) is 9.59 Å². The van der Waals surface area contributed by atoms with E-state index in [0.29, 0.717) is 0 Å². The fourth-order valence-corrected chi connectivity index (χ4v) is 0.298. The van der Waals surface area contributed by atoms with Gasteiger partial charge in [0.05, 0.1) is 6.42 Å². The molecular weight excluding hydrogens is 215 g/mol. The standard InChI is InChI=1S/C5H6O4.Zr/c1-3(6)2-4(7)5(8)9;/h2H2,1H3,(H,8,9);/p-1. The van der Waals surface area contributed by atoms with E-state index < -0.39 is 24.0 Å². The SMILES string of the molecule is CC(=O)CC(=O)C(=O)[O-].[Zr]. The summed E-state index contributed by atoms with van der Waals surface area (Å²) in [4.78, 5) is 29.7. The predicted octanol–water partition coefficient (Wildman–Crippen LogP) is -1.72. The summed E-state index contributed by atoms with van der Waals surface area (Å²) in [6, 6.07) is 0. The van der Waals surface area contributed by atoms with Gasteiger partial charge in [-0.25, -0.2) is 0 Å². The summed E-state index contributed by atoms with van der Waals surface area (Å²) in [5.41, 5.74) is 0. The number of rotatable bonds is 3. The van der Waals surface area contributed by atoms with Crippen LogP contribution < -0.4 is 5.11 Å². The third-order valence-electron chi connectivity index (χ3n) is 0.637. The van der Waals surface area contributed by atoms with Crippen molar-refractivity contribution in [3.05, 3.63) is 0 Å². The zero-order valence-corrected chi connectivity index (χ0v) is 7.80. The number of carboxylic acids is 1. The number of ketones is 2. The van der Waals surface area contributed by atoms with Crippen LogP contribution in [0.15, 0.2) is 0 Å². The Hall–Kier alpha value is -0.307. The van der Waals surface area contributed by atoms with Crippen LogP contribution in [0.25, 0.3) is 0 Å². The van der Waals surface area contributed by atoms with E-state index in [-0.39, 0.29) is 26.2 Å². The van der Waals surface area contributed by atoms with Crippen molar-refractivity contribution in [2.45, 2.75) is 13.3 Å². The second-order valence-electron chi connectivity index (χ2n) is 1.59. The fourth-order valence-electron chi connectivity index (χ4n) is 0.298. The van der Waals surface area contributed by atoms with Crippen molar-refractivity contribution >= 4 is 17.5 Å². The van der Waals surface area contributed by atoms with Crippen molar-refractivity contribution in [1.82, 2.24) is 0 Å². The third-order valence-corrected chi connectivity index (χ3v) is 0.637. The Balaban J connectivity index is 0. The monoisotopic (exact) mass is 219 g/mol. The first-order valence-electron chi connectivity index (χ1n) is 2.27. The second kappa shape index (κ2) is 5.48. The number of Topliss-reactive ketones (excluding diaryl/α,β-unsaturated/α-hetero) is 2. The minimum absolute atomic E-state index is 0. The summed E-state index contributed by atoms with van der Waals surface area (Å²) in [6.45, 7) is 1.14. The van der Waals surface area contributed by atoms with Gasteiger partial charge in [-0.15, -0.1) is 0 Å². The molecule has 0 aromatic carbocycles. The molecule has 0 aliphatic carbocycles. The van der Waals surface area contributed by atoms with E-state index in [9.17, 15) is 19.5 Å². The van der Waals surface area contributed by atoms with Gasteiger partial charge in [0.2, 0.25) is 0 Å². The Kier molecular flexibility index (Phi) is 6.78. The smallest absolute Gasteiger partial charge is 0.185 e. The van der Waals surface area contributed by atoms with Gasteiger partial charge in [-0.1, -0.05) is 0 Å². The molecule has 0 radical (unpaired) electrons.